The van der Waals surface area contributed by atoms with Gasteiger partial charge in [0.2, 0.25) is 5.69 Å². The maximum Gasteiger partial charge on any atom is 0.323 e. The van der Waals surface area contributed by atoms with E-state index in [1.807, 2.05) is 45.0 Å². The molecule has 2 heterocycles. The average molecular weight is 396 g/mol. The normalized spacial score (nSPS) is 12.2. The number of carbonyl (C=O) groups excluding carboxylic acids is 1. The molecule has 9 heteroatoms. The first kappa shape index (κ1) is 20.2. The number of H-pyrrole nitrogens is 1. The van der Waals surface area contributed by atoms with Gasteiger partial charge in [-0.05, 0) is 32.9 Å². The number of carbonyl (C=O) groups is 1. The van der Waals surface area contributed by atoms with Gasteiger partial charge in [0.1, 0.15) is 5.69 Å². The van der Waals surface area contributed by atoms with E-state index in [-0.39, 0.29) is 17.3 Å². The zero-order valence-corrected chi connectivity index (χ0v) is 17.1. The summed E-state index contributed by atoms with van der Waals surface area (Å²) in [5, 5.41) is 25.2. The number of benzene rings is 1. The summed E-state index contributed by atoms with van der Waals surface area (Å²) in [4.78, 5) is 23.6. The summed E-state index contributed by atoms with van der Waals surface area (Å²) in [7, 11) is 0. The standard InChI is InChI=1S/C20H24N6O3/c1-11(2)17-19(26(28)29)18(24-23-17)20(27)22-13(4)16-10-21-25(14(16)5)15-8-6-12(3)7-9-15/h6-11,13H,1-5H3,(H,22,27)(H,23,24)/t13-/m1/s1. The topological polar surface area (TPSA) is 119 Å². The molecule has 1 atom stereocenters. The van der Waals surface area contributed by atoms with Crippen LogP contribution in [0.15, 0.2) is 30.5 Å². The first-order valence-corrected chi connectivity index (χ1v) is 9.35. The monoisotopic (exact) mass is 396 g/mol. The number of hydrogen-bond donors (Lipinski definition) is 2. The van der Waals surface area contributed by atoms with E-state index in [1.54, 1.807) is 24.7 Å². The highest BCUT2D eigenvalue weighted by Crippen LogP contribution is 2.28. The lowest BCUT2D eigenvalue weighted by atomic mass is 10.1. The molecule has 0 radical (unpaired) electrons. The molecule has 0 bridgehead atoms. The molecule has 0 saturated heterocycles. The van der Waals surface area contributed by atoms with Crippen molar-refractivity contribution >= 4 is 11.6 Å². The van der Waals surface area contributed by atoms with Crippen molar-refractivity contribution in [2.45, 2.75) is 46.6 Å². The van der Waals surface area contributed by atoms with Crippen LogP contribution >= 0.6 is 0 Å². The number of nitrogens with one attached hydrogen (secondary N) is 2. The lowest BCUT2D eigenvalue weighted by Crippen LogP contribution is -2.28. The SMILES string of the molecule is Cc1ccc(-n2ncc([C@@H](C)NC(=O)c3n[nH]c(C(C)C)c3[N+](=O)[O-])c2C)cc1. The van der Waals surface area contributed by atoms with Crippen LogP contribution in [0.25, 0.3) is 5.69 Å². The molecule has 2 N–H and O–H groups in total. The third kappa shape index (κ3) is 3.89. The Morgan fingerprint density at radius 3 is 2.45 bits per heavy atom. The summed E-state index contributed by atoms with van der Waals surface area (Å²) in [6, 6.07) is 7.56. The number of nitrogens with zero attached hydrogens (tertiary/aromatic N) is 4. The lowest BCUT2D eigenvalue weighted by molar-refractivity contribution is -0.385. The number of nitro groups is 1. The van der Waals surface area contributed by atoms with Gasteiger partial charge < -0.3 is 5.32 Å². The second-order valence-corrected chi connectivity index (χ2v) is 7.37. The van der Waals surface area contributed by atoms with Crippen molar-refractivity contribution in [2.75, 3.05) is 0 Å². The van der Waals surface area contributed by atoms with E-state index in [0.29, 0.717) is 5.69 Å². The van der Waals surface area contributed by atoms with Crippen LogP contribution in [0, 0.1) is 24.0 Å². The predicted octanol–water partition coefficient (Wildman–Crippen LogP) is 3.73. The van der Waals surface area contributed by atoms with E-state index in [0.717, 1.165) is 22.5 Å². The van der Waals surface area contributed by atoms with Gasteiger partial charge in [0.15, 0.2) is 0 Å². The minimum Gasteiger partial charge on any atom is -0.344 e. The number of aryl methyl sites for hydroxylation is 1. The van der Waals surface area contributed by atoms with Crippen LogP contribution in [-0.2, 0) is 0 Å². The van der Waals surface area contributed by atoms with E-state index in [9.17, 15) is 14.9 Å². The molecule has 0 aliphatic carbocycles. The Bertz CT molecular complexity index is 1050. The van der Waals surface area contributed by atoms with Crippen LogP contribution in [0.4, 0.5) is 5.69 Å². The predicted molar refractivity (Wildman–Crippen MR) is 108 cm³/mol. The molecular formula is C20H24N6O3. The fourth-order valence-corrected chi connectivity index (χ4v) is 3.23. The second kappa shape index (κ2) is 7.86. The molecule has 0 spiro atoms. The molecule has 3 rings (SSSR count). The molecule has 0 saturated carbocycles. The van der Waals surface area contributed by atoms with Crippen LogP contribution < -0.4 is 5.32 Å². The van der Waals surface area contributed by atoms with Gasteiger partial charge in [0.25, 0.3) is 5.91 Å². The Morgan fingerprint density at radius 2 is 1.86 bits per heavy atom. The Labute approximate surface area is 168 Å². The summed E-state index contributed by atoms with van der Waals surface area (Å²) in [6.07, 6.45) is 1.69. The molecule has 3 aromatic rings. The molecule has 152 valence electrons. The smallest absolute Gasteiger partial charge is 0.323 e. The molecule has 0 unspecified atom stereocenters. The van der Waals surface area contributed by atoms with Gasteiger partial charge in [-0.15, -0.1) is 0 Å². The molecular weight excluding hydrogens is 372 g/mol. The zero-order valence-electron chi connectivity index (χ0n) is 17.1. The summed E-state index contributed by atoms with van der Waals surface area (Å²) in [6.45, 7) is 9.34. The van der Waals surface area contributed by atoms with Crippen LogP contribution in [0.1, 0.15) is 65.7 Å². The van der Waals surface area contributed by atoms with E-state index < -0.39 is 16.9 Å². The van der Waals surface area contributed by atoms with E-state index in [4.69, 9.17) is 0 Å². The summed E-state index contributed by atoms with van der Waals surface area (Å²) < 4.78 is 1.80. The quantitative estimate of drug-likeness (QED) is 0.486. The van der Waals surface area contributed by atoms with E-state index in [2.05, 4.69) is 20.6 Å². The zero-order chi connectivity index (χ0) is 21.3. The van der Waals surface area contributed by atoms with Crippen molar-refractivity contribution in [3.63, 3.8) is 0 Å². The second-order valence-electron chi connectivity index (χ2n) is 7.37. The summed E-state index contributed by atoms with van der Waals surface area (Å²) in [5.41, 5.74) is 3.60. The van der Waals surface area contributed by atoms with Crippen molar-refractivity contribution in [3.8, 4) is 5.69 Å². The first-order chi connectivity index (χ1) is 13.7. The highest BCUT2D eigenvalue weighted by molar-refractivity contribution is 5.96. The van der Waals surface area contributed by atoms with Crippen LogP contribution in [0.5, 0.6) is 0 Å². The van der Waals surface area contributed by atoms with Crippen molar-refractivity contribution in [1.29, 1.82) is 0 Å². The van der Waals surface area contributed by atoms with Crippen molar-refractivity contribution < 1.29 is 9.72 Å². The van der Waals surface area contributed by atoms with E-state index in [1.165, 1.54) is 0 Å². The van der Waals surface area contributed by atoms with Crippen molar-refractivity contribution in [1.82, 2.24) is 25.3 Å². The van der Waals surface area contributed by atoms with Gasteiger partial charge in [-0.3, -0.25) is 20.0 Å². The van der Waals surface area contributed by atoms with Crippen LogP contribution in [-0.4, -0.2) is 30.8 Å². The van der Waals surface area contributed by atoms with Crippen LogP contribution in [0.3, 0.4) is 0 Å². The highest BCUT2D eigenvalue weighted by Gasteiger charge is 2.31. The summed E-state index contributed by atoms with van der Waals surface area (Å²) >= 11 is 0. The highest BCUT2D eigenvalue weighted by atomic mass is 16.6. The third-order valence-electron chi connectivity index (χ3n) is 4.88. The number of aromatic amines is 1. The Kier molecular flexibility index (Phi) is 5.49. The van der Waals surface area contributed by atoms with Gasteiger partial charge in [-0.2, -0.15) is 10.2 Å². The van der Waals surface area contributed by atoms with Crippen molar-refractivity contribution in [3.05, 3.63) is 68.8 Å². The fraction of sp³-hybridized carbons (Fsp3) is 0.350. The number of amides is 1. The third-order valence-corrected chi connectivity index (χ3v) is 4.88. The van der Waals surface area contributed by atoms with Gasteiger partial charge in [0, 0.05) is 17.2 Å². The first-order valence-electron chi connectivity index (χ1n) is 9.35. The number of aromatic nitrogens is 4. The van der Waals surface area contributed by atoms with Crippen LogP contribution in [0.2, 0.25) is 0 Å². The fourth-order valence-electron chi connectivity index (χ4n) is 3.23. The molecule has 0 aliphatic rings. The van der Waals surface area contributed by atoms with Gasteiger partial charge in [-0.1, -0.05) is 31.5 Å². The van der Waals surface area contributed by atoms with Gasteiger partial charge in [0.05, 0.1) is 22.8 Å². The van der Waals surface area contributed by atoms with Gasteiger partial charge in [-0.25, -0.2) is 4.68 Å². The summed E-state index contributed by atoms with van der Waals surface area (Å²) in [5.74, 6) is -0.758. The van der Waals surface area contributed by atoms with Crippen molar-refractivity contribution in [2.24, 2.45) is 0 Å². The number of rotatable bonds is 6. The minimum absolute atomic E-state index is 0.156. The molecule has 9 nitrogen and oxygen atoms in total. The Morgan fingerprint density at radius 1 is 1.21 bits per heavy atom. The molecule has 29 heavy (non-hydrogen) atoms. The molecule has 0 fully saturated rings. The maximum atomic E-state index is 12.7. The maximum absolute atomic E-state index is 12.7. The number of hydrogen-bond acceptors (Lipinski definition) is 5. The lowest BCUT2D eigenvalue weighted by Gasteiger charge is -2.13. The molecule has 1 amide bonds. The Hall–Kier alpha value is -3.49. The Balaban J connectivity index is 1.84. The molecule has 1 aromatic carbocycles. The average Bonchev–Trinajstić information content (AvgIpc) is 3.26. The van der Waals surface area contributed by atoms with Gasteiger partial charge >= 0.3 is 5.69 Å². The largest absolute Gasteiger partial charge is 0.344 e. The van der Waals surface area contributed by atoms with E-state index >= 15 is 0 Å². The molecule has 0 aliphatic heterocycles. The minimum atomic E-state index is -0.602. The molecule has 2 aromatic heterocycles.